The van der Waals surface area contributed by atoms with E-state index in [0.29, 0.717) is 24.7 Å². The van der Waals surface area contributed by atoms with Gasteiger partial charge in [0.25, 0.3) is 11.8 Å². The molecule has 0 unspecified atom stereocenters. The van der Waals surface area contributed by atoms with E-state index in [0.717, 1.165) is 21.5 Å². The van der Waals surface area contributed by atoms with Crippen molar-refractivity contribution < 1.29 is 9.32 Å². The first-order valence-corrected chi connectivity index (χ1v) is 9.19. The van der Waals surface area contributed by atoms with E-state index in [1.54, 1.807) is 11.9 Å². The molecule has 26 heavy (non-hydrogen) atoms. The van der Waals surface area contributed by atoms with Crippen molar-refractivity contribution in [2.45, 2.75) is 13.3 Å². The largest absolute Gasteiger partial charge is 0.351 e. The number of thiophene rings is 1. The lowest BCUT2D eigenvalue weighted by atomic mass is 10.2. The van der Waals surface area contributed by atoms with E-state index in [1.807, 2.05) is 29.6 Å². The lowest BCUT2D eigenvalue weighted by molar-refractivity contribution is 0.0800. The molecular formula is C19H18N4O2S. The highest BCUT2D eigenvalue weighted by molar-refractivity contribution is 7.12. The van der Waals surface area contributed by atoms with Gasteiger partial charge in [-0.1, -0.05) is 22.9 Å². The number of amides is 1. The summed E-state index contributed by atoms with van der Waals surface area (Å²) in [5.74, 6) is 1.05. The van der Waals surface area contributed by atoms with Crippen LogP contribution in [0.5, 0.6) is 0 Å². The van der Waals surface area contributed by atoms with Crippen LogP contribution in [-0.2, 0) is 6.42 Å². The predicted molar refractivity (Wildman–Crippen MR) is 101 cm³/mol. The maximum absolute atomic E-state index is 12.2. The van der Waals surface area contributed by atoms with Crippen molar-refractivity contribution in [2.24, 2.45) is 0 Å². The van der Waals surface area contributed by atoms with Gasteiger partial charge < -0.3 is 14.4 Å². The van der Waals surface area contributed by atoms with Gasteiger partial charge in [0.15, 0.2) is 5.82 Å². The van der Waals surface area contributed by atoms with Crippen LogP contribution in [-0.4, -0.2) is 39.5 Å². The van der Waals surface area contributed by atoms with Gasteiger partial charge in [0.1, 0.15) is 5.69 Å². The zero-order chi connectivity index (χ0) is 18.1. The van der Waals surface area contributed by atoms with Gasteiger partial charge in [0, 0.05) is 30.9 Å². The van der Waals surface area contributed by atoms with Gasteiger partial charge in [-0.3, -0.25) is 4.79 Å². The van der Waals surface area contributed by atoms with Crippen LogP contribution in [0.2, 0.25) is 0 Å². The number of hydrogen-bond donors (Lipinski definition) is 1. The molecule has 0 aliphatic rings. The summed E-state index contributed by atoms with van der Waals surface area (Å²) in [4.78, 5) is 22.4. The minimum atomic E-state index is 0.00899. The molecule has 1 amide bonds. The van der Waals surface area contributed by atoms with Gasteiger partial charge in [-0.2, -0.15) is 4.98 Å². The summed E-state index contributed by atoms with van der Waals surface area (Å²) >= 11 is 1.44. The maximum Gasteiger partial charge on any atom is 0.274 e. The van der Waals surface area contributed by atoms with E-state index < -0.39 is 0 Å². The van der Waals surface area contributed by atoms with E-state index in [-0.39, 0.29) is 5.91 Å². The molecule has 3 aromatic heterocycles. The molecule has 0 fully saturated rings. The quantitative estimate of drug-likeness (QED) is 0.581. The van der Waals surface area contributed by atoms with Crippen molar-refractivity contribution in [1.29, 1.82) is 0 Å². The Morgan fingerprint density at radius 2 is 2.19 bits per heavy atom. The molecule has 3 heterocycles. The Morgan fingerprint density at radius 3 is 3.00 bits per heavy atom. The molecule has 0 saturated carbocycles. The van der Waals surface area contributed by atoms with Crippen LogP contribution in [0.3, 0.4) is 0 Å². The predicted octanol–water partition coefficient (Wildman–Crippen LogP) is 3.90. The van der Waals surface area contributed by atoms with Gasteiger partial charge >= 0.3 is 0 Å². The van der Waals surface area contributed by atoms with Gasteiger partial charge in [-0.15, -0.1) is 11.3 Å². The molecule has 0 aliphatic carbocycles. The van der Waals surface area contributed by atoms with Crippen molar-refractivity contribution >= 4 is 28.1 Å². The molecular weight excluding hydrogens is 348 g/mol. The third-order valence-electron chi connectivity index (χ3n) is 4.22. The molecule has 4 rings (SSSR count). The van der Waals surface area contributed by atoms with Crippen LogP contribution < -0.4 is 0 Å². The number of hydrogen-bond acceptors (Lipinski definition) is 5. The highest BCUT2D eigenvalue weighted by atomic mass is 32.1. The van der Waals surface area contributed by atoms with Gasteiger partial charge in [-0.05, 0) is 36.6 Å². The number of carbonyl (C=O) groups excluding carboxylic acids is 1. The van der Waals surface area contributed by atoms with E-state index in [2.05, 4.69) is 34.2 Å². The third kappa shape index (κ3) is 3.25. The van der Waals surface area contributed by atoms with Gasteiger partial charge in [0.05, 0.1) is 4.88 Å². The lowest BCUT2D eigenvalue weighted by Crippen LogP contribution is -2.28. The summed E-state index contributed by atoms with van der Waals surface area (Å²) in [7, 11) is 1.78. The number of likely N-dealkylation sites (N-methyl/N-ethyl adjacent to an activating group) is 1. The van der Waals surface area contributed by atoms with Gasteiger partial charge in [-0.25, -0.2) is 0 Å². The zero-order valence-corrected chi connectivity index (χ0v) is 15.3. The zero-order valence-electron chi connectivity index (χ0n) is 14.5. The lowest BCUT2D eigenvalue weighted by Gasteiger charge is -2.14. The summed E-state index contributed by atoms with van der Waals surface area (Å²) in [5.41, 5.74) is 3.03. The van der Waals surface area contributed by atoms with Crippen molar-refractivity contribution in [2.75, 3.05) is 13.6 Å². The third-order valence-corrected chi connectivity index (χ3v) is 5.08. The highest BCUT2D eigenvalue weighted by Gasteiger charge is 2.15. The van der Waals surface area contributed by atoms with E-state index in [9.17, 15) is 4.79 Å². The van der Waals surface area contributed by atoms with E-state index in [1.165, 1.54) is 16.9 Å². The SMILES string of the molecule is Cc1ccc2[nH]c(-c3nc(CCN(C)C(=O)c4cccs4)no3)cc2c1. The summed E-state index contributed by atoms with van der Waals surface area (Å²) in [5, 5.41) is 7.04. The van der Waals surface area contributed by atoms with Crippen LogP contribution in [0.25, 0.3) is 22.5 Å². The molecule has 0 radical (unpaired) electrons. The molecule has 0 atom stereocenters. The topological polar surface area (TPSA) is 75.0 Å². The smallest absolute Gasteiger partial charge is 0.274 e. The second-order valence-corrected chi connectivity index (χ2v) is 7.19. The second kappa shape index (κ2) is 6.76. The Balaban J connectivity index is 1.45. The van der Waals surface area contributed by atoms with Crippen molar-refractivity contribution in [3.05, 3.63) is 58.0 Å². The maximum atomic E-state index is 12.2. The number of aromatic nitrogens is 3. The first kappa shape index (κ1) is 16.5. The molecule has 132 valence electrons. The Morgan fingerprint density at radius 1 is 1.31 bits per heavy atom. The summed E-state index contributed by atoms with van der Waals surface area (Å²) in [6.07, 6.45) is 0.538. The number of fused-ring (bicyclic) bond motifs is 1. The number of rotatable bonds is 5. The highest BCUT2D eigenvalue weighted by Crippen LogP contribution is 2.23. The normalized spacial score (nSPS) is 11.2. The molecule has 0 aliphatic heterocycles. The summed E-state index contributed by atoms with van der Waals surface area (Å²) < 4.78 is 5.38. The molecule has 1 aromatic carbocycles. The first-order chi connectivity index (χ1) is 12.6. The minimum absolute atomic E-state index is 0.00899. The average molecular weight is 366 g/mol. The molecule has 0 saturated heterocycles. The number of aryl methyl sites for hydroxylation is 1. The van der Waals surface area contributed by atoms with Crippen LogP contribution >= 0.6 is 11.3 Å². The van der Waals surface area contributed by atoms with Crippen LogP contribution in [0, 0.1) is 6.92 Å². The molecule has 1 N–H and O–H groups in total. The Hall–Kier alpha value is -2.93. The monoisotopic (exact) mass is 366 g/mol. The summed E-state index contributed by atoms with van der Waals surface area (Å²) in [6.45, 7) is 2.59. The molecule has 6 nitrogen and oxygen atoms in total. The summed E-state index contributed by atoms with van der Waals surface area (Å²) in [6, 6.07) is 11.9. The fourth-order valence-electron chi connectivity index (χ4n) is 2.79. The number of aromatic amines is 1. The van der Waals surface area contributed by atoms with Crippen molar-refractivity contribution in [1.82, 2.24) is 20.0 Å². The van der Waals surface area contributed by atoms with Crippen LogP contribution in [0.4, 0.5) is 0 Å². The molecule has 4 aromatic rings. The van der Waals surface area contributed by atoms with Gasteiger partial charge in [0.2, 0.25) is 0 Å². The van der Waals surface area contributed by atoms with Crippen molar-refractivity contribution in [3.63, 3.8) is 0 Å². The van der Waals surface area contributed by atoms with E-state index in [4.69, 9.17) is 4.52 Å². The Kier molecular flexibility index (Phi) is 4.30. The Bertz CT molecular complexity index is 1050. The van der Waals surface area contributed by atoms with Crippen LogP contribution in [0.1, 0.15) is 21.1 Å². The fourth-order valence-corrected chi connectivity index (χ4v) is 3.51. The second-order valence-electron chi connectivity index (χ2n) is 6.24. The number of benzene rings is 1. The average Bonchev–Trinajstić information content (AvgIpc) is 3.37. The number of carbonyl (C=O) groups is 1. The molecule has 0 spiro atoms. The first-order valence-electron chi connectivity index (χ1n) is 8.31. The van der Waals surface area contributed by atoms with Crippen molar-refractivity contribution in [3.8, 4) is 11.6 Å². The standard InChI is InChI=1S/C19H18N4O2S/c1-12-5-6-14-13(10-12)11-15(20-14)18-21-17(22-25-18)7-8-23(2)19(24)16-4-3-9-26-16/h3-6,9-11,20H,7-8H2,1-2H3. The number of nitrogens with zero attached hydrogens (tertiary/aromatic N) is 3. The minimum Gasteiger partial charge on any atom is -0.351 e. The molecule has 0 bridgehead atoms. The number of H-pyrrole nitrogens is 1. The van der Waals surface area contributed by atoms with E-state index >= 15 is 0 Å². The molecule has 7 heteroatoms. The fraction of sp³-hybridized carbons (Fsp3) is 0.211. The number of nitrogens with one attached hydrogen (secondary N) is 1. The van der Waals surface area contributed by atoms with Crippen LogP contribution in [0.15, 0.2) is 46.3 Å². The Labute approximate surface area is 154 Å².